The van der Waals surface area contributed by atoms with E-state index in [-0.39, 0.29) is 6.61 Å². The average Bonchev–Trinajstić information content (AvgIpc) is 2.18. The van der Waals surface area contributed by atoms with E-state index >= 15 is 0 Å². The first kappa shape index (κ1) is 6.78. The summed E-state index contributed by atoms with van der Waals surface area (Å²) < 4.78 is 0. The van der Waals surface area contributed by atoms with Crippen molar-refractivity contribution in [1.82, 2.24) is 0 Å². The third kappa shape index (κ3) is 1.53. The highest BCUT2D eigenvalue weighted by molar-refractivity contribution is 7.08. The van der Waals surface area contributed by atoms with E-state index in [0.717, 1.165) is 6.42 Å². The number of rotatable bonds is 2. The van der Waals surface area contributed by atoms with Crippen LogP contribution in [0, 0.1) is 6.92 Å². The van der Waals surface area contributed by atoms with Gasteiger partial charge in [0, 0.05) is 6.61 Å². The van der Waals surface area contributed by atoms with Gasteiger partial charge in [0.2, 0.25) is 0 Å². The smallest absolute Gasteiger partial charge is 0.0471 e. The van der Waals surface area contributed by atoms with Crippen LogP contribution in [-0.2, 0) is 6.42 Å². The van der Waals surface area contributed by atoms with Gasteiger partial charge in [-0.3, -0.25) is 0 Å². The molecule has 0 atom stereocenters. The van der Waals surface area contributed by atoms with Gasteiger partial charge in [0.25, 0.3) is 0 Å². The summed E-state index contributed by atoms with van der Waals surface area (Å²) in [6.07, 6.45) is 0.801. The Bertz CT molecular complexity index is 181. The molecule has 1 aromatic rings. The molecule has 50 valence electrons. The first-order valence-electron chi connectivity index (χ1n) is 2.97. The Morgan fingerprint density at radius 2 is 2.33 bits per heavy atom. The van der Waals surface area contributed by atoms with E-state index in [4.69, 9.17) is 5.11 Å². The molecule has 0 saturated carbocycles. The Kier molecular flexibility index (Phi) is 2.25. The zero-order chi connectivity index (χ0) is 6.69. The molecule has 0 fully saturated rings. The number of aliphatic hydroxyl groups excluding tert-OH is 1. The molecule has 0 aliphatic rings. The van der Waals surface area contributed by atoms with Gasteiger partial charge in [-0.2, -0.15) is 11.3 Å². The first-order valence-corrected chi connectivity index (χ1v) is 3.91. The molecular formula is C7H10OS. The Morgan fingerprint density at radius 3 is 2.78 bits per heavy atom. The van der Waals surface area contributed by atoms with E-state index in [1.54, 1.807) is 11.3 Å². The molecule has 0 amide bonds. The second kappa shape index (κ2) is 2.99. The molecule has 1 N–H and O–H groups in total. The molecule has 1 aromatic heterocycles. The molecule has 0 spiro atoms. The quantitative estimate of drug-likeness (QED) is 0.665. The fraction of sp³-hybridized carbons (Fsp3) is 0.429. The maximum atomic E-state index is 8.57. The number of aliphatic hydroxyl groups is 1. The second-order valence-corrected chi connectivity index (χ2v) is 2.80. The predicted molar refractivity (Wildman–Crippen MR) is 39.8 cm³/mol. The molecule has 1 heterocycles. The predicted octanol–water partition coefficient (Wildman–Crippen LogP) is 1.59. The van der Waals surface area contributed by atoms with Crippen LogP contribution in [0.3, 0.4) is 0 Å². The van der Waals surface area contributed by atoms with Gasteiger partial charge in [-0.25, -0.2) is 0 Å². The average molecular weight is 142 g/mol. The van der Waals surface area contributed by atoms with Crippen molar-refractivity contribution < 1.29 is 5.11 Å². The Hall–Kier alpha value is -0.340. The van der Waals surface area contributed by atoms with Crippen molar-refractivity contribution in [3.05, 3.63) is 21.9 Å². The molecular weight excluding hydrogens is 132 g/mol. The van der Waals surface area contributed by atoms with E-state index in [0.29, 0.717) is 0 Å². The summed E-state index contributed by atoms with van der Waals surface area (Å²) in [5, 5.41) is 12.8. The van der Waals surface area contributed by atoms with E-state index in [1.807, 2.05) is 0 Å². The summed E-state index contributed by atoms with van der Waals surface area (Å²) in [6, 6.07) is 0. The zero-order valence-electron chi connectivity index (χ0n) is 5.42. The number of aryl methyl sites for hydroxylation is 1. The van der Waals surface area contributed by atoms with E-state index in [2.05, 4.69) is 17.7 Å². The molecule has 2 heteroatoms. The highest BCUT2D eigenvalue weighted by Crippen LogP contribution is 2.13. The molecule has 0 aliphatic heterocycles. The highest BCUT2D eigenvalue weighted by atomic mass is 32.1. The van der Waals surface area contributed by atoms with Crippen LogP contribution in [0.2, 0.25) is 0 Å². The fourth-order valence-electron chi connectivity index (χ4n) is 0.763. The van der Waals surface area contributed by atoms with Gasteiger partial charge in [-0.15, -0.1) is 0 Å². The highest BCUT2D eigenvalue weighted by Gasteiger charge is 1.95. The van der Waals surface area contributed by atoms with Gasteiger partial charge >= 0.3 is 0 Å². The van der Waals surface area contributed by atoms with Crippen LogP contribution in [0.4, 0.5) is 0 Å². The van der Waals surface area contributed by atoms with Gasteiger partial charge in [0.1, 0.15) is 0 Å². The normalized spacial score (nSPS) is 10.0. The minimum Gasteiger partial charge on any atom is -0.396 e. The van der Waals surface area contributed by atoms with Crippen LogP contribution in [0.25, 0.3) is 0 Å². The largest absolute Gasteiger partial charge is 0.396 e. The van der Waals surface area contributed by atoms with Crippen molar-refractivity contribution in [2.24, 2.45) is 0 Å². The fourth-order valence-corrected chi connectivity index (χ4v) is 1.65. The summed E-state index contributed by atoms with van der Waals surface area (Å²) in [4.78, 5) is 0. The Labute approximate surface area is 59.0 Å². The SMILES string of the molecule is Cc1cscc1CCO. The molecule has 0 aliphatic carbocycles. The van der Waals surface area contributed by atoms with E-state index < -0.39 is 0 Å². The minimum atomic E-state index is 0.261. The van der Waals surface area contributed by atoms with Crippen LogP contribution in [0.15, 0.2) is 10.8 Å². The zero-order valence-corrected chi connectivity index (χ0v) is 6.24. The van der Waals surface area contributed by atoms with Crippen LogP contribution < -0.4 is 0 Å². The maximum Gasteiger partial charge on any atom is 0.0471 e. The lowest BCUT2D eigenvalue weighted by Crippen LogP contribution is -1.88. The second-order valence-electron chi connectivity index (χ2n) is 2.05. The Balaban J connectivity index is 2.69. The van der Waals surface area contributed by atoms with Crippen molar-refractivity contribution in [2.45, 2.75) is 13.3 Å². The van der Waals surface area contributed by atoms with Gasteiger partial charge in [0.15, 0.2) is 0 Å². The first-order chi connectivity index (χ1) is 4.34. The Morgan fingerprint density at radius 1 is 1.56 bits per heavy atom. The summed E-state index contributed by atoms with van der Waals surface area (Å²) in [5.74, 6) is 0. The summed E-state index contributed by atoms with van der Waals surface area (Å²) in [5.41, 5.74) is 2.58. The van der Waals surface area contributed by atoms with Gasteiger partial charge < -0.3 is 5.11 Å². The van der Waals surface area contributed by atoms with Crippen molar-refractivity contribution in [3.63, 3.8) is 0 Å². The van der Waals surface area contributed by atoms with Crippen molar-refractivity contribution in [1.29, 1.82) is 0 Å². The lowest BCUT2D eigenvalue weighted by atomic mass is 10.2. The molecule has 0 radical (unpaired) electrons. The minimum absolute atomic E-state index is 0.261. The van der Waals surface area contributed by atoms with Crippen LogP contribution in [0.5, 0.6) is 0 Å². The van der Waals surface area contributed by atoms with Gasteiger partial charge in [0.05, 0.1) is 0 Å². The maximum absolute atomic E-state index is 8.57. The van der Waals surface area contributed by atoms with Gasteiger partial charge in [-0.05, 0) is 35.2 Å². The summed E-state index contributed by atoms with van der Waals surface area (Å²) in [6.45, 7) is 2.33. The van der Waals surface area contributed by atoms with Crippen molar-refractivity contribution >= 4 is 11.3 Å². The molecule has 0 bridgehead atoms. The van der Waals surface area contributed by atoms with Crippen molar-refractivity contribution in [2.75, 3.05) is 6.61 Å². The van der Waals surface area contributed by atoms with Crippen molar-refractivity contribution in [3.8, 4) is 0 Å². The molecule has 1 nitrogen and oxygen atoms in total. The van der Waals surface area contributed by atoms with E-state index in [1.165, 1.54) is 11.1 Å². The van der Waals surface area contributed by atoms with E-state index in [9.17, 15) is 0 Å². The lowest BCUT2D eigenvalue weighted by molar-refractivity contribution is 0.299. The molecule has 1 rings (SSSR count). The lowest BCUT2D eigenvalue weighted by Gasteiger charge is -1.92. The number of hydrogen-bond acceptors (Lipinski definition) is 2. The van der Waals surface area contributed by atoms with Gasteiger partial charge in [-0.1, -0.05) is 0 Å². The standard InChI is InChI=1S/C7H10OS/c1-6-4-9-5-7(6)2-3-8/h4-5,8H,2-3H2,1H3. The van der Waals surface area contributed by atoms with Crippen LogP contribution in [-0.4, -0.2) is 11.7 Å². The monoisotopic (exact) mass is 142 g/mol. The summed E-state index contributed by atoms with van der Waals surface area (Å²) >= 11 is 1.70. The summed E-state index contributed by atoms with van der Waals surface area (Å²) in [7, 11) is 0. The topological polar surface area (TPSA) is 20.2 Å². The molecule has 0 aromatic carbocycles. The molecule has 0 saturated heterocycles. The van der Waals surface area contributed by atoms with Crippen LogP contribution in [0.1, 0.15) is 11.1 Å². The third-order valence-corrected chi connectivity index (χ3v) is 2.25. The number of hydrogen-bond donors (Lipinski definition) is 1. The van der Waals surface area contributed by atoms with Crippen LogP contribution >= 0.6 is 11.3 Å². The molecule has 0 unspecified atom stereocenters. The third-order valence-electron chi connectivity index (χ3n) is 1.34. The number of thiophene rings is 1. The molecule has 9 heavy (non-hydrogen) atoms.